The van der Waals surface area contributed by atoms with Gasteiger partial charge in [-0.15, -0.1) is 11.3 Å². The summed E-state index contributed by atoms with van der Waals surface area (Å²) in [4.78, 5) is 20.9. The lowest BCUT2D eigenvalue weighted by molar-refractivity contribution is 0.0434. The van der Waals surface area contributed by atoms with Crippen LogP contribution in [0.5, 0.6) is 0 Å². The molecule has 0 aliphatic carbocycles. The Hall–Kier alpha value is -2.99. The Bertz CT molecular complexity index is 1020. The number of fused-ring (bicyclic) bond motifs is 1. The molecule has 2 aromatic heterocycles. The van der Waals surface area contributed by atoms with E-state index in [0.29, 0.717) is 17.2 Å². The Morgan fingerprint density at radius 1 is 1.12 bits per heavy atom. The average Bonchev–Trinajstić information content (AvgIpc) is 3.33. The van der Waals surface area contributed by atoms with Gasteiger partial charge in [-0.1, -0.05) is 43.3 Å². The number of rotatable bonds is 5. The second kappa shape index (κ2) is 7.09. The van der Waals surface area contributed by atoms with Gasteiger partial charge in [-0.05, 0) is 24.1 Å². The zero-order valence-corrected chi connectivity index (χ0v) is 15.0. The third-order valence-corrected chi connectivity index (χ3v) is 4.88. The fraction of sp³-hybridized carbons (Fsp3) is 0.150. The first kappa shape index (κ1) is 16.5. The summed E-state index contributed by atoms with van der Waals surface area (Å²) < 4.78 is 10.8. The van der Waals surface area contributed by atoms with Crippen molar-refractivity contribution in [1.82, 2.24) is 9.97 Å². The van der Waals surface area contributed by atoms with E-state index >= 15 is 0 Å². The number of thiazole rings is 1. The van der Waals surface area contributed by atoms with Gasteiger partial charge in [-0.3, -0.25) is 0 Å². The van der Waals surface area contributed by atoms with Crippen LogP contribution >= 0.6 is 11.3 Å². The lowest BCUT2D eigenvalue weighted by Crippen LogP contribution is -2.05. The van der Waals surface area contributed by atoms with E-state index in [1.54, 1.807) is 5.38 Å². The van der Waals surface area contributed by atoms with Crippen molar-refractivity contribution < 1.29 is 13.9 Å². The van der Waals surface area contributed by atoms with Gasteiger partial charge in [-0.25, -0.2) is 14.8 Å². The highest BCUT2D eigenvalue weighted by Crippen LogP contribution is 2.25. The number of para-hydroxylation sites is 2. The monoisotopic (exact) mass is 364 g/mol. The number of aryl methyl sites for hydroxylation is 1. The molecule has 0 fully saturated rings. The van der Waals surface area contributed by atoms with Gasteiger partial charge in [0.05, 0.1) is 0 Å². The predicted molar refractivity (Wildman–Crippen MR) is 100 cm³/mol. The fourth-order valence-electron chi connectivity index (χ4n) is 2.57. The standard InChI is InChI=1S/C20H16N2O3S/c1-2-13-7-9-14(10-8-13)19-22-16(12-26-19)20(23)24-11-18-21-15-5-3-4-6-17(15)25-18/h3-10,12H,2,11H2,1H3. The molecule has 0 saturated carbocycles. The number of nitrogens with zero attached hydrogens (tertiary/aromatic N) is 2. The minimum absolute atomic E-state index is 0.0223. The third-order valence-electron chi connectivity index (χ3n) is 3.99. The maximum absolute atomic E-state index is 12.2. The first-order valence-electron chi connectivity index (χ1n) is 8.29. The number of oxazole rings is 1. The van der Waals surface area contributed by atoms with Crippen LogP contribution in [0.15, 0.2) is 58.3 Å². The van der Waals surface area contributed by atoms with Crippen LogP contribution in [0.3, 0.4) is 0 Å². The van der Waals surface area contributed by atoms with Crippen molar-refractivity contribution in [2.45, 2.75) is 20.0 Å². The minimum atomic E-state index is -0.486. The molecule has 6 heteroatoms. The lowest BCUT2D eigenvalue weighted by Gasteiger charge is -2.00. The van der Waals surface area contributed by atoms with Crippen LogP contribution in [0.2, 0.25) is 0 Å². The molecule has 0 spiro atoms. The largest absolute Gasteiger partial charge is 0.451 e. The first-order valence-corrected chi connectivity index (χ1v) is 9.17. The van der Waals surface area contributed by atoms with Crippen LogP contribution in [-0.2, 0) is 17.8 Å². The summed E-state index contributed by atoms with van der Waals surface area (Å²) >= 11 is 1.42. The van der Waals surface area contributed by atoms with Crippen molar-refractivity contribution in [3.63, 3.8) is 0 Å². The molecule has 0 unspecified atom stereocenters. The number of carbonyl (C=O) groups excluding carboxylic acids is 1. The molecular weight excluding hydrogens is 348 g/mol. The van der Waals surface area contributed by atoms with Gasteiger partial charge in [0.25, 0.3) is 0 Å². The molecule has 0 aliphatic rings. The van der Waals surface area contributed by atoms with E-state index in [-0.39, 0.29) is 6.61 Å². The Balaban J connectivity index is 1.44. The summed E-state index contributed by atoms with van der Waals surface area (Å²) in [6.45, 7) is 2.09. The van der Waals surface area contributed by atoms with Gasteiger partial charge in [0.2, 0.25) is 5.89 Å². The molecule has 0 radical (unpaired) electrons. The summed E-state index contributed by atoms with van der Waals surface area (Å²) in [5.41, 5.74) is 3.96. The molecule has 0 saturated heterocycles. The van der Waals surface area contributed by atoms with Crippen LogP contribution in [0.1, 0.15) is 28.9 Å². The van der Waals surface area contributed by atoms with Crippen molar-refractivity contribution in [2.24, 2.45) is 0 Å². The van der Waals surface area contributed by atoms with E-state index in [2.05, 4.69) is 29.0 Å². The fourth-order valence-corrected chi connectivity index (χ4v) is 3.36. The van der Waals surface area contributed by atoms with Gasteiger partial charge in [0.15, 0.2) is 17.9 Å². The number of hydrogen-bond acceptors (Lipinski definition) is 6. The molecule has 26 heavy (non-hydrogen) atoms. The average molecular weight is 364 g/mol. The van der Waals surface area contributed by atoms with E-state index in [1.165, 1.54) is 16.9 Å². The van der Waals surface area contributed by atoms with Crippen LogP contribution < -0.4 is 0 Å². The topological polar surface area (TPSA) is 65.2 Å². The quantitative estimate of drug-likeness (QED) is 0.473. The van der Waals surface area contributed by atoms with E-state index in [0.717, 1.165) is 22.5 Å². The summed E-state index contributed by atoms with van der Waals surface area (Å²) in [7, 11) is 0. The Kier molecular flexibility index (Phi) is 4.50. The zero-order valence-electron chi connectivity index (χ0n) is 14.1. The maximum atomic E-state index is 12.2. The Morgan fingerprint density at radius 2 is 1.92 bits per heavy atom. The summed E-state index contributed by atoms with van der Waals surface area (Å²) in [5, 5.41) is 2.50. The molecule has 0 aliphatic heterocycles. The molecule has 0 bridgehead atoms. The molecule has 4 aromatic rings. The van der Waals surface area contributed by atoms with Crippen molar-refractivity contribution in [1.29, 1.82) is 0 Å². The number of hydrogen-bond donors (Lipinski definition) is 0. The predicted octanol–water partition coefficient (Wildman–Crippen LogP) is 4.87. The molecular formula is C20H16N2O3S. The van der Waals surface area contributed by atoms with Gasteiger partial charge in [-0.2, -0.15) is 0 Å². The highest BCUT2D eigenvalue weighted by Gasteiger charge is 2.15. The molecule has 2 heterocycles. The Morgan fingerprint density at radius 3 is 2.69 bits per heavy atom. The first-order chi connectivity index (χ1) is 12.7. The van der Waals surface area contributed by atoms with Crippen LogP contribution in [0.4, 0.5) is 0 Å². The van der Waals surface area contributed by atoms with Crippen LogP contribution in [0.25, 0.3) is 21.7 Å². The summed E-state index contributed by atoms with van der Waals surface area (Å²) in [5.74, 6) is -0.120. The molecule has 2 aromatic carbocycles. The minimum Gasteiger partial charge on any atom is -0.451 e. The van der Waals surface area contributed by atoms with Crippen molar-refractivity contribution in [3.05, 3.63) is 71.1 Å². The number of benzene rings is 2. The van der Waals surface area contributed by atoms with E-state index in [1.807, 2.05) is 36.4 Å². The van der Waals surface area contributed by atoms with Crippen LogP contribution in [0, 0.1) is 0 Å². The normalized spacial score (nSPS) is 11.0. The molecule has 5 nitrogen and oxygen atoms in total. The Labute approximate surface area is 154 Å². The smallest absolute Gasteiger partial charge is 0.358 e. The molecule has 0 atom stereocenters. The third kappa shape index (κ3) is 3.36. The zero-order chi connectivity index (χ0) is 17.9. The van der Waals surface area contributed by atoms with Gasteiger partial charge >= 0.3 is 5.97 Å². The van der Waals surface area contributed by atoms with Gasteiger partial charge in [0.1, 0.15) is 10.5 Å². The SMILES string of the molecule is CCc1ccc(-c2nc(C(=O)OCc3nc4ccccc4o3)cs2)cc1. The van der Waals surface area contributed by atoms with E-state index < -0.39 is 5.97 Å². The number of esters is 1. The number of carbonyl (C=O) groups is 1. The molecule has 4 rings (SSSR count). The second-order valence-electron chi connectivity index (χ2n) is 5.74. The number of ether oxygens (including phenoxy) is 1. The van der Waals surface area contributed by atoms with Crippen molar-refractivity contribution in [3.8, 4) is 10.6 Å². The van der Waals surface area contributed by atoms with Gasteiger partial charge in [0, 0.05) is 10.9 Å². The molecule has 0 amide bonds. The summed E-state index contributed by atoms with van der Waals surface area (Å²) in [6, 6.07) is 15.6. The maximum Gasteiger partial charge on any atom is 0.358 e. The lowest BCUT2D eigenvalue weighted by atomic mass is 10.1. The highest BCUT2D eigenvalue weighted by atomic mass is 32.1. The van der Waals surface area contributed by atoms with Crippen LogP contribution in [-0.4, -0.2) is 15.9 Å². The molecule has 130 valence electrons. The van der Waals surface area contributed by atoms with E-state index in [9.17, 15) is 4.79 Å². The van der Waals surface area contributed by atoms with E-state index in [4.69, 9.17) is 9.15 Å². The highest BCUT2D eigenvalue weighted by molar-refractivity contribution is 7.13. The van der Waals surface area contributed by atoms with Gasteiger partial charge < -0.3 is 9.15 Å². The second-order valence-corrected chi connectivity index (χ2v) is 6.60. The number of aromatic nitrogens is 2. The van der Waals surface area contributed by atoms with Crippen molar-refractivity contribution >= 4 is 28.4 Å². The summed E-state index contributed by atoms with van der Waals surface area (Å²) in [6.07, 6.45) is 0.992. The molecule has 0 N–H and O–H groups in total. The van der Waals surface area contributed by atoms with Crippen molar-refractivity contribution in [2.75, 3.05) is 0 Å².